The summed E-state index contributed by atoms with van der Waals surface area (Å²) in [6, 6.07) is 0.128. The largest absolute Gasteiger partial charge is 0.380 e. The predicted octanol–water partition coefficient (Wildman–Crippen LogP) is 0.256. The van der Waals surface area contributed by atoms with Gasteiger partial charge < -0.3 is 19.9 Å². The topological polar surface area (TPSA) is 53.7 Å². The third kappa shape index (κ3) is 1.72. The Bertz CT molecular complexity index is 180. The maximum atomic E-state index is 5.90. The Morgan fingerprint density at radius 1 is 1.38 bits per heavy atom. The molecule has 1 aliphatic heterocycles. The molecule has 0 amide bonds. The lowest BCUT2D eigenvalue weighted by Gasteiger charge is -2.38. The fourth-order valence-corrected chi connectivity index (χ4v) is 2.15. The number of hydrogen-bond acceptors (Lipinski definition) is 4. The van der Waals surface area contributed by atoms with Gasteiger partial charge in [-0.25, -0.2) is 0 Å². The molecule has 1 aliphatic carbocycles. The Balaban J connectivity index is 2.01. The van der Waals surface area contributed by atoms with Crippen molar-refractivity contribution in [1.29, 1.82) is 0 Å². The van der Waals surface area contributed by atoms with Gasteiger partial charge in [-0.3, -0.25) is 0 Å². The molecule has 1 spiro atoms. The van der Waals surface area contributed by atoms with Gasteiger partial charge in [0, 0.05) is 26.0 Å². The zero-order chi connectivity index (χ0) is 9.31. The second kappa shape index (κ2) is 3.53. The van der Waals surface area contributed by atoms with Gasteiger partial charge in [-0.15, -0.1) is 0 Å². The molecule has 2 rings (SSSR count). The van der Waals surface area contributed by atoms with Crippen LogP contribution in [0.15, 0.2) is 0 Å². The van der Waals surface area contributed by atoms with Crippen LogP contribution in [0.4, 0.5) is 0 Å². The molecule has 4 heteroatoms. The molecule has 2 fully saturated rings. The van der Waals surface area contributed by atoms with Crippen LogP contribution in [0.2, 0.25) is 0 Å². The van der Waals surface area contributed by atoms with Crippen molar-refractivity contribution in [2.24, 2.45) is 5.73 Å². The fraction of sp³-hybridized carbons (Fsp3) is 1.00. The van der Waals surface area contributed by atoms with Crippen molar-refractivity contribution in [2.75, 3.05) is 20.3 Å². The van der Waals surface area contributed by atoms with Gasteiger partial charge in [-0.2, -0.15) is 0 Å². The number of nitrogens with two attached hydrogens (primary N) is 1. The van der Waals surface area contributed by atoms with Crippen LogP contribution < -0.4 is 5.73 Å². The van der Waals surface area contributed by atoms with Gasteiger partial charge in [-0.05, 0) is 6.42 Å². The summed E-state index contributed by atoms with van der Waals surface area (Å²) in [6.07, 6.45) is 2.66. The first-order chi connectivity index (χ1) is 6.26. The SMILES string of the molecule is COC1CC2(CCC1N)OCCO2. The van der Waals surface area contributed by atoms with E-state index in [1.54, 1.807) is 7.11 Å². The van der Waals surface area contributed by atoms with Crippen molar-refractivity contribution in [3.63, 3.8) is 0 Å². The van der Waals surface area contributed by atoms with Gasteiger partial charge >= 0.3 is 0 Å². The van der Waals surface area contributed by atoms with Gasteiger partial charge in [0.2, 0.25) is 0 Å². The summed E-state index contributed by atoms with van der Waals surface area (Å²) in [6.45, 7) is 1.40. The van der Waals surface area contributed by atoms with Gasteiger partial charge in [0.25, 0.3) is 0 Å². The average molecular weight is 187 g/mol. The highest BCUT2D eigenvalue weighted by Crippen LogP contribution is 2.36. The minimum atomic E-state index is -0.378. The summed E-state index contributed by atoms with van der Waals surface area (Å²) in [4.78, 5) is 0. The highest BCUT2D eigenvalue weighted by atomic mass is 16.7. The van der Waals surface area contributed by atoms with Gasteiger partial charge in [0.1, 0.15) is 0 Å². The maximum Gasteiger partial charge on any atom is 0.171 e. The Labute approximate surface area is 78.3 Å². The van der Waals surface area contributed by atoms with E-state index in [9.17, 15) is 0 Å². The van der Waals surface area contributed by atoms with Crippen LogP contribution >= 0.6 is 0 Å². The van der Waals surface area contributed by atoms with Crippen LogP contribution in [-0.4, -0.2) is 38.3 Å². The van der Waals surface area contributed by atoms with E-state index < -0.39 is 0 Å². The molecular formula is C9H17NO3. The summed E-state index contributed by atoms with van der Waals surface area (Å²) in [5.41, 5.74) is 5.90. The van der Waals surface area contributed by atoms with Crippen molar-refractivity contribution < 1.29 is 14.2 Å². The lowest BCUT2D eigenvalue weighted by Crippen LogP contribution is -2.49. The van der Waals surface area contributed by atoms with E-state index in [1.165, 1.54) is 0 Å². The van der Waals surface area contributed by atoms with Crippen LogP contribution in [0.5, 0.6) is 0 Å². The Hall–Kier alpha value is -0.160. The molecule has 76 valence electrons. The van der Waals surface area contributed by atoms with Crippen LogP contribution in [0.3, 0.4) is 0 Å². The highest BCUT2D eigenvalue weighted by molar-refractivity contribution is 4.90. The van der Waals surface area contributed by atoms with Crippen molar-refractivity contribution in [1.82, 2.24) is 0 Å². The van der Waals surface area contributed by atoms with E-state index in [1.807, 2.05) is 0 Å². The lowest BCUT2D eigenvalue weighted by molar-refractivity contribution is -0.201. The maximum absolute atomic E-state index is 5.90. The summed E-state index contributed by atoms with van der Waals surface area (Å²) in [7, 11) is 1.69. The first-order valence-electron chi connectivity index (χ1n) is 4.82. The summed E-state index contributed by atoms with van der Waals surface area (Å²) in [5.74, 6) is -0.378. The molecule has 2 unspecified atom stereocenters. The molecule has 2 N–H and O–H groups in total. The second-order valence-electron chi connectivity index (χ2n) is 3.79. The van der Waals surface area contributed by atoms with Crippen LogP contribution in [0.1, 0.15) is 19.3 Å². The smallest absolute Gasteiger partial charge is 0.171 e. The number of rotatable bonds is 1. The monoisotopic (exact) mass is 187 g/mol. The van der Waals surface area contributed by atoms with E-state index in [0.29, 0.717) is 13.2 Å². The Morgan fingerprint density at radius 3 is 2.69 bits per heavy atom. The molecule has 0 aromatic carbocycles. The third-order valence-electron chi connectivity index (χ3n) is 2.96. The molecule has 0 aromatic rings. The predicted molar refractivity (Wildman–Crippen MR) is 47.3 cm³/mol. The van der Waals surface area contributed by atoms with Gasteiger partial charge in [-0.1, -0.05) is 0 Å². The van der Waals surface area contributed by atoms with Crippen molar-refractivity contribution >= 4 is 0 Å². The number of methoxy groups -OCH3 is 1. The molecule has 2 aliphatic rings. The van der Waals surface area contributed by atoms with Gasteiger partial charge in [0.05, 0.1) is 19.3 Å². The van der Waals surface area contributed by atoms with Crippen LogP contribution in [-0.2, 0) is 14.2 Å². The molecule has 1 saturated carbocycles. The second-order valence-corrected chi connectivity index (χ2v) is 3.79. The van der Waals surface area contributed by atoms with Crippen LogP contribution in [0.25, 0.3) is 0 Å². The van der Waals surface area contributed by atoms with Crippen molar-refractivity contribution in [3.05, 3.63) is 0 Å². The molecule has 0 radical (unpaired) electrons. The number of hydrogen-bond donors (Lipinski definition) is 1. The normalized spacial score (nSPS) is 38.3. The van der Waals surface area contributed by atoms with E-state index in [4.69, 9.17) is 19.9 Å². The molecule has 4 nitrogen and oxygen atoms in total. The minimum absolute atomic E-state index is 0.0758. The van der Waals surface area contributed by atoms with E-state index in [-0.39, 0.29) is 17.9 Å². The first-order valence-corrected chi connectivity index (χ1v) is 4.82. The van der Waals surface area contributed by atoms with Crippen molar-refractivity contribution in [3.8, 4) is 0 Å². The zero-order valence-electron chi connectivity index (χ0n) is 7.99. The third-order valence-corrected chi connectivity index (χ3v) is 2.96. The number of ether oxygens (including phenoxy) is 3. The molecule has 2 atom stereocenters. The van der Waals surface area contributed by atoms with Gasteiger partial charge in [0.15, 0.2) is 5.79 Å². The Morgan fingerprint density at radius 2 is 2.08 bits per heavy atom. The molecule has 13 heavy (non-hydrogen) atoms. The van der Waals surface area contributed by atoms with Crippen LogP contribution in [0, 0.1) is 0 Å². The molecule has 1 heterocycles. The molecule has 0 bridgehead atoms. The fourth-order valence-electron chi connectivity index (χ4n) is 2.15. The highest BCUT2D eigenvalue weighted by Gasteiger charge is 2.44. The standard InChI is InChI=1S/C9H17NO3/c1-11-8-6-9(3-2-7(8)10)12-4-5-13-9/h7-8H,2-6,10H2,1H3. The average Bonchev–Trinajstić information content (AvgIpc) is 2.59. The van der Waals surface area contributed by atoms with E-state index in [2.05, 4.69) is 0 Å². The Kier molecular flexibility index (Phi) is 2.55. The summed E-state index contributed by atoms with van der Waals surface area (Å²) in [5, 5.41) is 0. The summed E-state index contributed by atoms with van der Waals surface area (Å²) >= 11 is 0. The first kappa shape index (κ1) is 9.40. The quantitative estimate of drug-likeness (QED) is 0.639. The van der Waals surface area contributed by atoms with Crippen molar-refractivity contribution in [2.45, 2.75) is 37.2 Å². The minimum Gasteiger partial charge on any atom is -0.380 e. The lowest BCUT2D eigenvalue weighted by atomic mass is 9.88. The van der Waals surface area contributed by atoms with E-state index in [0.717, 1.165) is 19.3 Å². The molecule has 0 aromatic heterocycles. The van der Waals surface area contributed by atoms with E-state index >= 15 is 0 Å². The molecular weight excluding hydrogens is 170 g/mol. The summed E-state index contributed by atoms with van der Waals surface area (Å²) < 4.78 is 16.5. The molecule has 1 saturated heterocycles. The zero-order valence-corrected chi connectivity index (χ0v) is 7.99.